The number of nitrogens with zero attached hydrogens (tertiary/aromatic N) is 2. The minimum absolute atomic E-state index is 0.0387. The highest BCUT2D eigenvalue weighted by Gasteiger charge is 2.23. The number of hydrogen-bond acceptors (Lipinski definition) is 4. The molecule has 1 saturated heterocycles. The van der Waals surface area contributed by atoms with Crippen LogP contribution in [0.1, 0.15) is 24.9 Å². The van der Waals surface area contributed by atoms with Crippen LogP contribution in [-0.4, -0.2) is 62.5 Å². The van der Waals surface area contributed by atoms with Crippen molar-refractivity contribution in [2.24, 2.45) is 0 Å². The van der Waals surface area contributed by atoms with E-state index in [9.17, 15) is 13.2 Å². The van der Waals surface area contributed by atoms with E-state index in [0.717, 1.165) is 29.3 Å². The number of rotatable bonds is 5. The van der Waals surface area contributed by atoms with Gasteiger partial charge in [-0.25, -0.2) is 12.7 Å². The lowest BCUT2D eigenvalue weighted by Gasteiger charge is -2.22. The molecule has 3 rings (SSSR count). The van der Waals surface area contributed by atoms with E-state index in [4.69, 9.17) is 0 Å². The first-order valence-corrected chi connectivity index (χ1v) is 11.1. The van der Waals surface area contributed by atoms with Crippen LogP contribution in [-0.2, 0) is 14.8 Å². The number of fused-ring (bicyclic) bond motifs is 1. The molecular weight excluding hydrogens is 362 g/mol. The van der Waals surface area contributed by atoms with E-state index in [2.05, 4.69) is 23.5 Å². The lowest BCUT2D eigenvalue weighted by Crippen LogP contribution is -2.40. The maximum Gasteiger partial charge on any atom is 0.234 e. The van der Waals surface area contributed by atoms with Gasteiger partial charge in [-0.3, -0.25) is 9.69 Å². The summed E-state index contributed by atoms with van der Waals surface area (Å²) in [6.45, 7) is 4.53. The SMILES string of the molecule is CC(NC(=O)CN1CCCN(S(C)(=O)=O)CC1)c1cccc2ccccc12. The summed E-state index contributed by atoms with van der Waals surface area (Å²) in [7, 11) is -3.17. The van der Waals surface area contributed by atoms with Crippen molar-refractivity contribution >= 4 is 26.7 Å². The predicted octanol–water partition coefficient (Wildman–Crippen LogP) is 1.98. The summed E-state index contributed by atoms with van der Waals surface area (Å²) in [6, 6.07) is 14.2. The van der Waals surface area contributed by atoms with E-state index >= 15 is 0 Å². The zero-order valence-electron chi connectivity index (χ0n) is 15.9. The molecule has 1 aliphatic heterocycles. The van der Waals surface area contributed by atoms with Crippen LogP contribution in [0.2, 0.25) is 0 Å². The quantitative estimate of drug-likeness (QED) is 0.849. The minimum atomic E-state index is -3.17. The van der Waals surface area contributed by atoms with Crippen molar-refractivity contribution in [1.29, 1.82) is 0 Å². The number of amides is 1. The number of benzene rings is 2. The number of carbonyl (C=O) groups excluding carboxylic acids is 1. The van der Waals surface area contributed by atoms with Crippen LogP contribution in [0.25, 0.3) is 10.8 Å². The van der Waals surface area contributed by atoms with Crippen molar-refractivity contribution in [1.82, 2.24) is 14.5 Å². The summed E-state index contributed by atoms with van der Waals surface area (Å²) in [5.74, 6) is -0.0387. The van der Waals surface area contributed by atoms with Crippen LogP contribution in [0.15, 0.2) is 42.5 Å². The van der Waals surface area contributed by atoms with E-state index < -0.39 is 10.0 Å². The molecule has 1 unspecified atom stereocenters. The number of sulfonamides is 1. The van der Waals surface area contributed by atoms with Crippen molar-refractivity contribution in [2.45, 2.75) is 19.4 Å². The molecule has 146 valence electrons. The largest absolute Gasteiger partial charge is 0.348 e. The summed E-state index contributed by atoms with van der Waals surface area (Å²) in [4.78, 5) is 14.6. The number of nitrogens with one attached hydrogen (secondary N) is 1. The van der Waals surface area contributed by atoms with Crippen molar-refractivity contribution in [3.8, 4) is 0 Å². The highest BCUT2D eigenvalue weighted by atomic mass is 32.2. The summed E-state index contributed by atoms with van der Waals surface area (Å²) in [6.07, 6.45) is 1.97. The molecule has 0 saturated carbocycles. The van der Waals surface area contributed by atoms with E-state index in [1.807, 2.05) is 36.1 Å². The van der Waals surface area contributed by atoms with E-state index in [0.29, 0.717) is 19.6 Å². The van der Waals surface area contributed by atoms with E-state index in [1.54, 1.807) is 0 Å². The Bertz CT molecular complexity index is 908. The molecule has 2 aromatic rings. The fourth-order valence-corrected chi connectivity index (χ4v) is 4.51. The molecule has 1 amide bonds. The van der Waals surface area contributed by atoms with Crippen molar-refractivity contribution in [3.63, 3.8) is 0 Å². The number of hydrogen-bond donors (Lipinski definition) is 1. The molecule has 1 aliphatic rings. The second-order valence-electron chi connectivity index (χ2n) is 7.15. The maximum absolute atomic E-state index is 12.5. The second-order valence-corrected chi connectivity index (χ2v) is 9.13. The maximum atomic E-state index is 12.5. The van der Waals surface area contributed by atoms with Gasteiger partial charge in [0.1, 0.15) is 0 Å². The molecule has 1 atom stereocenters. The summed E-state index contributed by atoms with van der Waals surface area (Å²) >= 11 is 0. The standard InChI is InChI=1S/C20H27N3O3S/c1-16(18-10-5-8-17-7-3-4-9-19(17)18)21-20(24)15-22-11-6-12-23(14-13-22)27(2,25)26/h3-5,7-10,16H,6,11-15H2,1-2H3,(H,21,24). The van der Waals surface area contributed by atoms with Crippen molar-refractivity contribution in [2.75, 3.05) is 39.0 Å². The van der Waals surface area contributed by atoms with Crippen LogP contribution >= 0.6 is 0 Å². The molecule has 1 N–H and O–H groups in total. The first-order valence-electron chi connectivity index (χ1n) is 9.29. The molecule has 0 radical (unpaired) electrons. The second kappa shape index (κ2) is 8.37. The molecule has 0 aromatic heterocycles. The molecule has 1 heterocycles. The van der Waals surface area contributed by atoms with Crippen LogP contribution in [0.5, 0.6) is 0 Å². The van der Waals surface area contributed by atoms with Gasteiger partial charge in [0.25, 0.3) is 0 Å². The molecule has 7 heteroatoms. The molecule has 2 aromatic carbocycles. The van der Waals surface area contributed by atoms with E-state index in [-0.39, 0.29) is 18.5 Å². The monoisotopic (exact) mass is 389 g/mol. The summed E-state index contributed by atoms with van der Waals surface area (Å²) < 4.78 is 24.9. The smallest absolute Gasteiger partial charge is 0.234 e. The lowest BCUT2D eigenvalue weighted by atomic mass is 10.00. The highest BCUT2D eigenvalue weighted by molar-refractivity contribution is 7.88. The topological polar surface area (TPSA) is 69.7 Å². The van der Waals surface area contributed by atoms with Gasteiger partial charge in [0, 0.05) is 19.6 Å². The summed E-state index contributed by atoms with van der Waals surface area (Å²) in [5.41, 5.74) is 1.10. The van der Waals surface area contributed by atoms with Gasteiger partial charge < -0.3 is 5.32 Å². The Labute approximate surface area is 161 Å². The van der Waals surface area contributed by atoms with Gasteiger partial charge in [-0.1, -0.05) is 42.5 Å². The van der Waals surface area contributed by atoms with Crippen LogP contribution in [0, 0.1) is 0 Å². The molecule has 6 nitrogen and oxygen atoms in total. The van der Waals surface area contributed by atoms with Gasteiger partial charge >= 0.3 is 0 Å². The van der Waals surface area contributed by atoms with Crippen molar-refractivity contribution in [3.05, 3.63) is 48.0 Å². The molecule has 0 bridgehead atoms. The molecule has 0 aliphatic carbocycles. The Morgan fingerprint density at radius 2 is 1.81 bits per heavy atom. The third-order valence-corrected chi connectivity index (χ3v) is 6.35. The summed E-state index contributed by atoms with van der Waals surface area (Å²) in [5, 5.41) is 5.39. The van der Waals surface area contributed by atoms with Crippen LogP contribution in [0.3, 0.4) is 0 Å². The van der Waals surface area contributed by atoms with Crippen LogP contribution in [0.4, 0.5) is 0 Å². The fraction of sp³-hybridized carbons (Fsp3) is 0.450. The Balaban J connectivity index is 1.60. The average Bonchev–Trinajstić information content (AvgIpc) is 2.86. The normalized spacial score (nSPS) is 18.1. The Hall–Kier alpha value is -1.96. The molecular formula is C20H27N3O3S. The zero-order chi connectivity index (χ0) is 19.4. The Morgan fingerprint density at radius 1 is 1.07 bits per heavy atom. The lowest BCUT2D eigenvalue weighted by molar-refractivity contribution is -0.122. The highest BCUT2D eigenvalue weighted by Crippen LogP contribution is 2.24. The van der Waals surface area contributed by atoms with Gasteiger partial charge in [-0.15, -0.1) is 0 Å². The fourth-order valence-electron chi connectivity index (χ4n) is 3.63. The third-order valence-electron chi connectivity index (χ3n) is 5.05. The van der Waals surface area contributed by atoms with Gasteiger partial charge in [0.2, 0.25) is 15.9 Å². The molecule has 27 heavy (non-hydrogen) atoms. The third kappa shape index (κ3) is 5.06. The molecule has 1 fully saturated rings. The van der Waals surface area contributed by atoms with E-state index in [1.165, 1.54) is 10.6 Å². The number of carbonyl (C=O) groups is 1. The molecule has 0 spiro atoms. The predicted molar refractivity (Wildman–Crippen MR) is 108 cm³/mol. The van der Waals surface area contributed by atoms with Gasteiger partial charge in [-0.05, 0) is 36.2 Å². The minimum Gasteiger partial charge on any atom is -0.348 e. The van der Waals surface area contributed by atoms with Gasteiger partial charge in [0.05, 0.1) is 18.8 Å². The van der Waals surface area contributed by atoms with Gasteiger partial charge in [0.15, 0.2) is 0 Å². The Kier molecular flexibility index (Phi) is 6.14. The van der Waals surface area contributed by atoms with Crippen LogP contribution < -0.4 is 5.32 Å². The van der Waals surface area contributed by atoms with Gasteiger partial charge in [-0.2, -0.15) is 0 Å². The first-order chi connectivity index (χ1) is 12.8. The Morgan fingerprint density at radius 3 is 2.59 bits per heavy atom. The first kappa shape index (κ1) is 19.8. The average molecular weight is 390 g/mol. The zero-order valence-corrected chi connectivity index (χ0v) is 16.7. The van der Waals surface area contributed by atoms with Crippen molar-refractivity contribution < 1.29 is 13.2 Å².